The van der Waals surface area contributed by atoms with Crippen molar-refractivity contribution in [3.05, 3.63) is 78.0 Å². The zero-order valence-corrected chi connectivity index (χ0v) is 16.5. The Morgan fingerprint density at radius 1 is 0.966 bits per heavy atom. The third kappa shape index (κ3) is 3.48. The molecular weight excluding hydrogens is 408 g/mol. The maximum Gasteiger partial charge on any atom is 0.249 e. The maximum atomic E-state index is 6.20. The van der Waals surface area contributed by atoms with Crippen LogP contribution in [-0.4, -0.2) is 29.9 Å². The molecular formula is C20H13ClN6OS. The van der Waals surface area contributed by atoms with Crippen LogP contribution in [0.25, 0.3) is 28.2 Å². The van der Waals surface area contributed by atoms with E-state index in [4.69, 9.17) is 16.0 Å². The van der Waals surface area contributed by atoms with Crippen molar-refractivity contribution in [3.63, 3.8) is 0 Å². The van der Waals surface area contributed by atoms with Crippen molar-refractivity contribution in [2.75, 3.05) is 0 Å². The number of halogens is 1. The van der Waals surface area contributed by atoms with Crippen molar-refractivity contribution in [2.24, 2.45) is 0 Å². The first-order valence-corrected chi connectivity index (χ1v) is 10.1. The lowest BCUT2D eigenvalue weighted by atomic mass is 10.2. The van der Waals surface area contributed by atoms with Gasteiger partial charge < -0.3 is 4.42 Å². The van der Waals surface area contributed by atoms with Gasteiger partial charge in [0.05, 0.1) is 33.6 Å². The van der Waals surface area contributed by atoms with Gasteiger partial charge in [-0.1, -0.05) is 53.7 Å². The lowest BCUT2D eigenvalue weighted by Crippen LogP contribution is -1.97. The molecule has 0 aliphatic carbocycles. The van der Waals surface area contributed by atoms with E-state index >= 15 is 0 Å². The number of rotatable bonds is 5. The Bertz CT molecular complexity index is 1290. The molecule has 2 aromatic carbocycles. The van der Waals surface area contributed by atoms with Gasteiger partial charge in [-0.05, 0) is 24.3 Å². The summed E-state index contributed by atoms with van der Waals surface area (Å²) >= 11 is 7.69. The lowest BCUT2D eigenvalue weighted by molar-refractivity contribution is 0.528. The van der Waals surface area contributed by atoms with Gasteiger partial charge in [0.25, 0.3) is 0 Å². The van der Waals surface area contributed by atoms with E-state index < -0.39 is 0 Å². The highest BCUT2D eigenvalue weighted by atomic mass is 35.5. The number of para-hydroxylation sites is 1. The van der Waals surface area contributed by atoms with Gasteiger partial charge in [0.1, 0.15) is 11.4 Å². The molecule has 0 radical (unpaired) electrons. The quantitative estimate of drug-likeness (QED) is 0.298. The second-order valence-electron chi connectivity index (χ2n) is 6.08. The van der Waals surface area contributed by atoms with Crippen LogP contribution >= 0.6 is 23.4 Å². The molecule has 5 rings (SSSR count). The number of benzene rings is 2. The molecule has 0 N–H and O–H groups in total. The van der Waals surface area contributed by atoms with Gasteiger partial charge in [-0.3, -0.25) is 0 Å². The fraction of sp³-hybridized carbons (Fsp3) is 0.0500. The van der Waals surface area contributed by atoms with E-state index in [1.54, 1.807) is 16.9 Å². The van der Waals surface area contributed by atoms with Crippen molar-refractivity contribution in [2.45, 2.75) is 10.8 Å². The van der Waals surface area contributed by atoms with Crippen molar-refractivity contribution in [1.29, 1.82) is 0 Å². The van der Waals surface area contributed by atoms with E-state index in [1.165, 1.54) is 18.1 Å². The number of thioether (sulfide) groups is 1. The highest BCUT2D eigenvalue weighted by Gasteiger charge is 2.15. The minimum Gasteiger partial charge on any atom is -0.420 e. The van der Waals surface area contributed by atoms with E-state index in [9.17, 15) is 0 Å². The Balaban J connectivity index is 1.39. The molecule has 0 amide bonds. The summed E-state index contributed by atoms with van der Waals surface area (Å²) in [6.45, 7) is 0. The molecule has 7 nitrogen and oxygen atoms in total. The van der Waals surface area contributed by atoms with Crippen molar-refractivity contribution in [3.8, 4) is 17.1 Å². The van der Waals surface area contributed by atoms with E-state index in [2.05, 4.69) is 25.3 Å². The molecule has 3 aromatic heterocycles. The van der Waals surface area contributed by atoms with Crippen LogP contribution in [0, 0.1) is 0 Å². The predicted molar refractivity (Wildman–Crippen MR) is 111 cm³/mol. The molecule has 3 heterocycles. The smallest absolute Gasteiger partial charge is 0.249 e. The van der Waals surface area contributed by atoms with Crippen LogP contribution < -0.4 is 0 Å². The number of aromatic nitrogens is 6. The second kappa shape index (κ2) is 7.65. The van der Waals surface area contributed by atoms with E-state index in [0.717, 1.165) is 21.7 Å². The molecule has 0 unspecified atom stereocenters. The molecule has 9 heteroatoms. The number of hydrogen-bond acceptors (Lipinski definition) is 7. The van der Waals surface area contributed by atoms with E-state index in [0.29, 0.717) is 28.1 Å². The molecule has 0 atom stereocenters. The zero-order valence-electron chi connectivity index (χ0n) is 14.9. The van der Waals surface area contributed by atoms with Gasteiger partial charge in [-0.15, -0.1) is 10.2 Å². The normalized spacial score (nSPS) is 11.2. The Kier molecular flexibility index (Phi) is 4.71. The topological polar surface area (TPSA) is 82.5 Å². The SMILES string of the molecule is Clc1ccccc1-c1nnc(CSc2ncnc3c2cnn3-c2ccccc2)o1. The van der Waals surface area contributed by atoms with Gasteiger partial charge in [-0.2, -0.15) is 5.10 Å². The van der Waals surface area contributed by atoms with Gasteiger partial charge in [0.2, 0.25) is 11.8 Å². The van der Waals surface area contributed by atoms with Gasteiger partial charge in [0.15, 0.2) is 5.65 Å². The molecule has 0 spiro atoms. The molecule has 0 aliphatic rings. The third-order valence-corrected chi connectivity index (χ3v) is 5.55. The van der Waals surface area contributed by atoms with Crippen molar-refractivity contribution < 1.29 is 4.42 Å². The summed E-state index contributed by atoms with van der Waals surface area (Å²) < 4.78 is 7.56. The van der Waals surface area contributed by atoms with Gasteiger partial charge in [-0.25, -0.2) is 14.6 Å². The summed E-state index contributed by atoms with van der Waals surface area (Å²) in [5, 5.41) is 14.9. The largest absolute Gasteiger partial charge is 0.420 e. The molecule has 142 valence electrons. The lowest BCUT2D eigenvalue weighted by Gasteiger charge is -2.03. The molecule has 0 saturated heterocycles. The number of fused-ring (bicyclic) bond motifs is 1. The maximum absolute atomic E-state index is 6.20. The average Bonchev–Trinajstić information content (AvgIpc) is 3.41. The Morgan fingerprint density at radius 2 is 1.79 bits per heavy atom. The van der Waals surface area contributed by atoms with E-state index in [-0.39, 0.29) is 0 Å². The average molecular weight is 421 g/mol. The van der Waals surface area contributed by atoms with Crippen LogP contribution in [0.1, 0.15) is 5.89 Å². The van der Waals surface area contributed by atoms with Crippen molar-refractivity contribution >= 4 is 34.4 Å². The minimum absolute atomic E-state index is 0.399. The summed E-state index contributed by atoms with van der Waals surface area (Å²) in [4.78, 5) is 8.79. The fourth-order valence-electron chi connectivity index (χ4n) is 2.88. The summed E-state index contributed by atoms with van der Waals surface area (Å²) in [7, 11) is 0. The highest BCUT2D eigenvalue weighted by molar-refractivity contribution is 7.98. The zero-order chi connectivity index (χ0) is 19.6. The van der Waals surface area contributed by atoms with Gasteiger partial charge >= 0.3 is 0 Å². The second-order valence-corrected chi connectivity index (χ2v) is 7.45. The Labute approximate surface area is 174 Å². The minimum atomic E-state index is 0.399. The highest BCUT2D eigenvalue weighted by Crippen LogP contribution is 2.30. The summed E-state index contributed by atoms with van der Waals surface area (Å²) in [5.41, 5.74) is 2.40. The Hall–Kier alpha value is -3.23. The van der Waals surface area contributed by atoms with Crippen LogP contribution in [0.4, 0.5) is 0 Å². The van der Waals surface area contributed by atoms with Crippen molar-refractivity contribution in [1.82, 2.24) is 29.9 Å². The summed E-state index contributed by atoms with van der Waals surface area (Å²) in [6.07, 6.45) is 3.31. The van der Waals surface area contributed by atoms with Crippen LogP contribution in [-0.2, 0) is 5.75 Å². The first kappa shape index (κ1) is 17.8. The van der Waals surface area contributed by atoms with E-state index in [1.807, 2.05) is 48.5 Å². The van der Waals surface area contributed by atoms with Crippen LogP contribution in [0.2, 0.25) is 5.02 Å². The molecule has 0 bridgehead atoms. The fourth-order valence-corrected chi connectivity index (χ4v) is 3.90. The van der Waals surface area contributed by atoms with Crippen LogP contribution in [0.15, 0.2) is 76.6 Å². The number of hydrogen-bond donors (Lipinski definition) is 0. The predicted octanol–water partition coefficient (Wildman–Crippen LogP) is 4.81. The molecule has 29 heavy (non-hydrogen) atoms. The van der Waals surface area contributed by atoms with Gasteiger partial charge in [0, 0.05) is 0 Å². The first-order chi connectivity index (χ1) is 14.3. The first-order valence-electron chi connectivity index (χ1n) is 8.74. The monoisotopic (exact) mass is 420 g/mol. The molecule has 0 saturated carbocycles. The molecule has 5 aromatic rings. The third-order valence-electron chi connectivity index (χ3n) is 4.23. The molecule has 0 aliphatic heterocycles. The molecule has 0 fully saturated rings. The van der Waals surface area contributed by atoms with Crippen LogP contribution in [0.5, 0.6) is 0 Å². The Morgan fingerprint density at radius 3 is 2.66 bits per heavy atom. The summed E-state index contributed by atoms with van der Waals surface area (Å²) in [6, 6.07) is 17.2. The van der Waals surface area contributed by atoms with Crippen LogP contribution in [0.3, 0.4) is 0 Å². The summed E-state index contributed by atoms with van der Waals surface area (Å²) in [5.74, 6) is 1.36. The number of nitrogens with zero attached hydrogens (tertiary/aromatic N) is 6. The standard InChI is InChI=1S/C20H13ClN6OS/c21-16-9-5-4-8-14(16)19-26-25-17(28-19)11-29-20-15-10-24-27(18(15)22-12-23-20)13-6-2-1-3-7-13/h1-10,12H,11H2.